The van der Waals surface area contributed by atoms with Crippen LogP contribution in [0.5, 0.6) is 5.75 Å². The molecule has 1 aliphatic heterocycles. The van der Waals surface area contributed by atoms with Gasteiger partial charge in [-0.1, -0.05) is 71.7 Å². The number of fused-ring (bicyclic) bond motifs is 5. The molecule has 7 atom stereocenters. The van der Waals surface area contributed by atoms with Gasteiger partial charge in [0.25, 0.3) is 0 Å². The summed E-state index contributed by atoms with van der Waals surface area (Å²) in [6.07, 6.45) is 16.3. The molecule has 4 fully saturated rings. The molecule has 302 valence electrons. The molecule has 55 heavy (non-hydrogen) atoms. The number of rotatable bonds is 9. The van der Waals surface area contributed by atoms with Crippen LogP contribution in [0.25, 0.3) is 5.57 Å². The molecule has 2 aromatic carbocycles. The van der Waals surface area contributed by atoms with Crippen LogP contribution in [-0.2, 0) is 10.0 Å². The zero-order valence-electron chi connectivity index (χ0n) is 34.4. The minimum absolute atomic E-state index is 0.0106. The van der Waals surface area contributed by atoms with Crippen LogP contribution in [-0.4, -0.2) is 80.6 Å². The van der Waals surface area contributed by atoms with E-state index in [9.17, 15) is 18.3 Å². The zero-order chi connectivity index (χ0) is 39.2. The van der Waals surface area contributed by atoms with Gasteiger partial charge in [-0.3, -0.25) is 4.90 Å². The Kier molecular flexibility index (Phi) is 11.5. The van der Waals surface area contributed by atoms with Crippen molar-refractivity contribution in [3.63, 3.8) is 0 Å². The summed E-state index contributed by atoms with van der Waals surface area (Å²) in [6, 6.07) is 14.4. The third-order valence-corrected chi connectivity index (χ3v) is 18.0. The summed E-state index contributed by atoms with van der Waals surface area (Å²) >= 11 is 0. The van der Waals surface area contributed by atoms with Crippen molar-refractivity contribution in [2.24, 2.45) is 39.9 Å². The molecule has 1 saturated heterocycles. The first kappa shape index (κ1) is 40.5. The highest BCUT2D eigenvalue weighted by atomic mass is 32.2. The second-order valence-corrected chi connectivity index (χ2v) is 21.0. The Morgan fingerprint density at radius 1 is 0.855 bits per heavy atom. The number of benzene rings is 2. The number of piperazine rings is 1. The number of nitrogens with zero attached hydrogens (tertiary/aromatic N) is 2. The van der Waals surface area contributed by atoms with E-state index in [1.807, 2.05) is 12.1 Å². The minimum atomic E-state index is -3.54. The summed E-state index contributed by atoms with van der Waals surface area (Å²) in [5.74, 6) is 2.43. The summed E-state index contributed by atoms with van der Waals surface area (Å²) in [5, 5.41) is 13.7. The fourth-order valence-electron chi connectivity index (χ4n) is 12.8. The number of carbonyl (C=O) groups is 1. The van der Waals surface area contributed by atoms with Crippen molar-refractivity contribution in [1.82, 2.24) is 14.5 Å². The van der Waals surface area contributed by atoms with Crippen molar-refractivity contribution in [1.29, 1.82) is 0 Å². The van der Waals surface area contributed by atoms with E-state index in [2.05, 4.69) is 50.9 Å². The smallest absolute Gasteiger partial charge is 0.335 e. The largest absolute Gasteiger partial charge is 0.497 e. The molecule has 0 spiro atoms. The molecular weight excluding hydrogens is 707 g/mol. The van der Waals surface area contributed by atoms with Gasteiger partial charge in [0, 0.05) is 50.9 Å². The standard InChI is InChI=1S/C46H67N3O5S/c1-33-13-18-39(34-14-16-35(17-15-34)42(50)51)43(2,3)21-9-22-44(4)38(33)19-20-40-41-12-8-23-46(41,25-24-45(40,44)5)47-26-27-48-28-30-49(31-29-48)55(52,53)37-11-7-10-36(32-37)54-6/h7,10-11,14-18,32-33,38,40-41,47H,8-9,12-13,19-31H2,1-6H3,(H,50,51). The maximum Gasteiger partial charge on any atom is 0.335 e. The number of nitrogens with one attached hydrogen (secondary N) is 1. The number of carboxylic acid groups (broad SMARTS) is 1. The van der Waals surface area contributed by atoms with Crippen LogP contribution < -0.4 is 10.1 Å². The lowest BCUT2D eigenvalue weighted by molar-refractivity contribution is -0.162. The van der Waals surface area contributed by atoms with Crippen LogP contribution in [0.4, 0.5) is 0 Å². The molecule has 7 unspecified atom stereocenters. The molecule has 9 heteroatoms. The highest BCUT2D eigenvalue weighted by Gasteiger charge is 2.64. The average molecular weight is 774 g/mol. The Labute approximate surface area is 331 Å². The van der Waals surface area contributed by atoms with Gasteiger partial charge in [-0.2, -0.15) is 4.31 Å². The average Bonchev–Trinajstić information content (AvgIpc) is 3.59. The van der Waals surface area contributed by atoms with Crippen LogP contribution in [0.1, 0.15) is 121 Å². The van der Waals surface area contributed by atoms with Gasteiger partial charge in [-0.15, -0.1) is 0 Å². The first-order valence-electron chi connectivity index (χ1n) is 21.3. The minimum Gasteiger partial charge on any atom is -0.497 e. The lowest BCUT2D eigenvalue weighted by Crippen LogP contribution is -2.64. The van der Waals surface area contributed by atoms with Crippen LogP contribution in [0.3, 0.4) is 0 Å². The van der Waals surface area contributed by atoms with Gasteiger partial charge in [-0.25, -0.2) is 13.2 Å². The third kappa shape index (κ3) is 7.45. The van der Waals surface area contributed by atoms with Crippen molar-refractivity contribution in [2.75, 3.05) is 46.4 Å². The van der Waals surface area contributed by atoms with E-state index >= 15 is 0 Å². The van der Waals surface area contributed by atoms with E-state index in [0.29, 0.717) is 52.0 Å². The van der Waals surface area contributed by atoms with Gasteiger partial charge in [0.2, 0.25) is 10.0 Å². The van der Waals surface area contributed by atoms with Crippen molar-refractivity contribution < 1.29 is 23.1 Å². The molecule has 0 radical (unpaired) electrons. The van der Waals surface area contributed by atoms with E-state index in [1.165, 1.54) is 63.4 Å². The number of methoxy groups -OCH3 is 1. The number of hydrogen-bond donors (Lipinski definition) is 2. The van der Waals surface area contributed by atoms with Crippen LogP contribution in [0.2, 0.25) is 0 Å². The molecule has 1 heterocycles. The molecule has 0 amide bonds. The molecule has 0 bridgehead atoms. The van der Waals surface area contributed by atoms with Crippen LogP contribution in [0, 0.1) is 39.9 Å². The molecule has 5 aliphatic rings. The molecule has 2 aromatic rings. The van der Waals surface area contributed by atoms with Gasteiger partial charge in [0.15, 0.2) is 0 Å². The Bertz CT molecular complexity index is 1840. The SMILES string of the molecule is COc1cccc(S(=O)(=O)N2CCN(CCNC34CCCC3C3CCC5C(C)CC=C(c6ccc(C(=O)O)cc6)C(C)(C)CCCC5(C)C3(C)CC4)CC2)c1. The molecule has 4 aliphatic carbocycles. The Morgan fingerprint density at radius 3 is 2.27 bits per heavy atom. The number of allylic oxidation sites excluding steroid dienone is 2. The molecule has 7 rings (SSSR count). The predicted octanol–water partition coefficient (Wildman–Crippen LogP) is 8.98. The topological polar surface area (TPSA) is 99.2 Å². The summed E-state index contributed by atoms with van der Waals surface area (Å²) < 4.78 is 33.7. The van der Waals surface area contributed by atoms with Crippen molar-refractivity contribution in [3.05, 3.63) is 65.7 Å². The molecule has 8 nitrogen and oxygen atoms in total. The molecule has 0 aromatic heterocycles. The van der Waals surface area contributed by atoms with Crippen molar-refractivity contribution >= 4 is 21.6 Å². The lowest BCUT2D eigenvalue weighted by atomic mass is 9.39. The van der Waals surface area contributed by atoms with Crippen molar-refractivity contribution in [3.8, 4) is 5.75 Å². The van der Waals surface area contributed by atoms with Crippen molar-refractivity contribution in [2.45, 2.75) is 116 Å². The number of ether oxygens (including phenoxy) is 1. The van der Waals surface area contributed by atoms with E-state index in [-0.39, 0.29) is 11.0 Å². The summed E-state index contributed by atoms with van der Waals surface area (Å²) in [5.41, 5.74) is 3.73. The number of sulfonamides is 1. The second kappa shape index (κ2) is 15.6. The fourth-order valence-corrected chi connectivity index (χ4v) is 14.2. The summed E-state index contributed by atoms with van der Waals surface area (Å²) in [6.45, 7) is 17.2. The first-order valence-corrected chi connectivity index (χ1v) is 22.7. The van der Waals surface area contributed by atoms with Crippen LogP contribution >= 0.6 is 0 Å². The molecular formula is C46H67N3O5S. The van der Waals surface area contributed by atoms with E-state index in [0.717, 1.165) is 56.4 Å². The highest BCUT2D eigenvalue weighted by molar-refractivity contribution is 7.89. The maximum absolute atomic E-state index is 13.4. The number of carboxylic acids is 1. The van der Waals surface area contributed by atoms with Gasteiger partial charge >= 0.3 is 5.97 Å². The quantitative estimate of drug-likeness (QED) is 0.263. The Hall–Kier alpha value is -2.72. The van der Waals surface area contributed by atoms with Gasteiger partial charge in [0.1, 0.15) is 5.75 Å². The summed E-state index contributed by atoms with van der Waals surface area (Å²) in [4.78, 5) is 14.3. The van der Waals surface area contributed by atoms with Gasteiger partial charge in [0.05, 0.1) is 17.6 Å². The third-order valence-electron chi connectivity index (χ3n) is 16.1. The lowest BCUT2D eigenvalue weighted by Gasteiger charge is -2.66. The van der Waals surface area contributed by atoms with Gasteiger partial charge in [-0.05, 0) is 133 Å². The second-order valence-electron chi connectivity index (χ2n) is 19.1. The number of aromatic carboxylic acids is 1. The maximum atomic E-state index is 13.4. The zero-order valence-corrected chi connectivity index (χ0v) is 35.2. The highest BCUT2D eigenvalue weighted by Crippen LogP contribution is 2.70. The monoisotopic (exact) mass is 773 g/mol. The predicted molar refractivity (Wildman–Crippen MR) is 221 cm³/mol. The van der Waals surface area contributed by atoms with E-state index in [4.69, 9.17) is 4.74 Å². The normalized spacial score (nSPS) is 34.5. The van der Waals surface area contributed by atoms with E-state index < -0.39 is 16.0 Å². The first-order chi connectivity index (χ1) is 26.1. The molecule has 2 N–H and O–H groups in total. The van der Waals surface area contributed by atoms with Gasteiger partial charge < -0.3 is 15.2 Å². The number of hydrogen-bond acceptors (Lipinski definition) is 6. The Balaban J connectivity index is 1.00. The van der Waals surface area contributed by atoms with Crippen LogP contribution in [0.15, 0.2) is 59.5 Å². The fraction of sp³-hybridized carbons (Fsp3) is 0.674. The molecule has 3 saturated carbocycles. The Morgan fingerprint density at radius 2 is 1.56 bits per heavy atom. The summed E-state index contributed by atoms with van der Waals surface area (Å²) in [7, 11) is -1.98. The van der Waals surface area contributed by atoms with E-state index in [1.54, 1.807) is 47.8 Å².